The molecule has 0 bridgehead atoms. The molecule has 0 saturated heterocycles. The number of aryl methyl sites for hydroxylation is 6. The molecule has 0 fully saturated rings. The Kier molecular flexibility index (Phi) is 43.0. The number of nitrogens with zero attached hydrogens (tertiary/aromatic N) is 6. The van der Waals surface area contributed by atoms with Crippen molar-refractivity contribution in [1.82, 2.24) is 27.6 Å². The van der Waals surface area contributed by atoms with Gasteiger partial charge >= 0.3 is 0 Å². The second kappa shape index (κ2) is 47.0. The molecule has 0 aromatic heterocycles. The molecule has 23 nitrogen and oxygen atoms in total. The standard InChI is InChI=1S/2C25H36N2O5S.C14H21NO6S.C10H16N2.2ClH/c2*1-19-15-24(31-6)16-20(2)25(19)33(29,30)27(5)13-14-32-18-23(28)17-22-9-7-21(8-10-22)11-12-26(3)4;1-11-7-13(19-4)8-12(2)14(11)22(17,18)15(3)5-6-20-10-21-9-16;1-12(2)8-7-9-3-5-10(11)6-4-9;;/h2*7-10,15-16H,11-14,17-18H2,1-6H3;7-9H,5-6,10H2,1-4H3;3-6H,7-8,11H2,1-2H3;2*1H. The molecule has 6 aromatic rings. The van der Waals surface area contributed by atoms with Crippen LogP contribution >= 0.6 is 24.8 Å². The molecule has 102 heavy (non-hydrogen) atoms. The molecule has 6 rings (SSSR count). The number of rotatable bonds is 38. The van der Waals surface area contributed by atoms with E-state index in [-0.39, 0.29) is 117 Å². The van der Waals surface area contributed by atoms with Crippen molar-refractivity contribution in [3.8, 4) is 17.2 Å². The average molecular weight is 1520 g/mol. The van der Waals surface area contributed by atoms with E-state index in [4.69, 9.17) is 34.2 Å². The highest BCUT2D eigenvalue weighted by Crippen LogP contribution is 2.31. The summed E-state index contributed by atoms with van der Waals surface area (Å²) in [5.41, 5.74) is 15.9. The van der Waals surface area contributed by atoms with Crippen molar-refractivity contribution in [3.05, 3.63) is 170 Å². The topological polar surface area (TPSA) is 264 Å². The van der Waals surface area contributed by atoms with E-state index in [0.717, 1.165) is 55.7 Å². The van der Waals surface area contributed by atoms with Gasteiger partial charge in [-0.05, 0) is 213 Å². The summed E-state index contributed by atoms with van der Waals surface area (Å²) in [5.74, 6) is 1.78. The van der Waals surface area contributed by atoms with E-state index in [9.17, 15) is 39.6 Å². The summed E-state index contributed by atoms with van der Waals surface area (Å²) in [4.78, 5) is 41.7. The molecular weight excluding hydrogens is 1410 g/mol. The lowest BCUT2D eigenvalue weighted by molar-refractivity contribution is -0.140. The van der Waals surface area contributed by atoms with Crippen LogP contribution in [0.15, 0.2) is 124 Å². The molecule has 0 aliphatic carbocycles. The largest absolute Gasteiger partial charge is 0.497 e. The summed E-state index contributed by atoms with van der Waals surface area (Å²) < 4.78 is 117. The van der Waals surface area contributed by atoms with E-state index in [1.165, 1.54) is 57.9 Å². The smallest absolute Gasteiger partial charge is 0.295 e. The molecule has 0 aliphatic heterocycles. The second-order valence-electron chi connectivity index (χ2n) is 25.1. The van der Waals surface area contributed by atoms with Gasteiger partial charge in [0.2, 0.25) is 30.1 Å². The third kappa shape index (κ3) is 32.2. The molecule has 28 heteroatoms. The predicted octanol–water partition coefficient (Wildman–Crippen LogP) is 9.03. The highest BCUT2D eigenvalue weighted by atomic mass is 35.5. The van der Waals surface area contributed by atoms with Crippen molar-refractivity contribution in [2.45, 2.75) is 88.3 Å². The van der Waals surface area contributed by atoms with Crippen molar-refractivity contribution in [1.29, 1.82) is 0 Å². The number of hydrogen-bond acceptors (Lipinski definition) is 20. The highest BCUT2D eigenvalue weighted by Gasteiger charge is 2.28. The first kappa shape index (κ1) is 93.4. The van der Waals surface area contributed by atoms with Gasteiger partial charge in [0.05, 0.1) is 55.8 Å². The van der Waals surface area contributed by atoms with Crippen molar-refractivity contribution in [3.63, 3.8) is 0 Å². The van der Waals surface area contributed by atoms with Crippen molar-refractivity contribution < 1.29 is 72.8 Å². The van der Waals surface area contributed by atoms with Crippen LogP contribution in [0.2, 0.25) is 0 Å². The normalized spacial score (nSPS) is 11.4. The number of nitrogen functional groups attached to an aromatic ring is 1. The molecule has 0 saturated carbocycles. The molecule has 0 atom stereocenters. The average Bonchev–Trinajstić information content (AvgIpc) is 0.800. The molecule has 2 N–H and O–H groups in total. The number of ketones is 2. The van der Waals surface area contributed by atoms with Gasteiger partial charge in [-0.25, -0.2) is 25.3 Å². The van der Waals surface area contributed by atoms with E-state index in [2.05, 4.69) is 69.9 Å². The van der Waals surface area contributed by atoms with E-state index in [1.807, 2.05) is 64.6 Å². The zero-order valence-electron chi connectivity index (χ0n) is 62.8. The lowest BCUT2D eigenvalue weighted by Gasteiger charge is -2.20. The van der Waals surface area contributed by atoms with E-state index >= 15 is 0 Å². The van der Waals surface area contributed by atoms with Gasteiger partial charge in [-0.1, -0.05) is 60.7 Å². The van der Waals surface area contributed by atoms with Crippen LogP contribution in [0.5, 0.6) is 17.2 Å². The first-order valence-electron chi connectivity index (χ1n) is 32.7. The zero-order valence-corrected chi connectivity index (χ0v) is 66.9. The van der Waals surface area contributed by atoms with E-state index in [1.54, 1.807) is 92.2 Å². The van der Waals surface area contributed by atoms with Crippen LogP contribution in [0.25, 0.3) is 0 Å². The monoisotopic (exact) mass is 1520 g/mol. The third-order valence-electron chi connectivity index (χ3n) is 15.8. The fourth-order valence-corrected chi connectivity index (χ4v) is 14.8. The summed E-state index contributed by atoms with van der Waals surface area (Å²) in [6, 6.07) is 34.4. The minimum Gasteiger partial charge on any atom is -0.497 e. The number of benzene rings is 6. The number of carbonyl (C=O) groups excluding carboxylic acids is 3. The Labute approximate surface area is 620 Å². The summed E-state index contributed by atoms with van der Waals surface area (Å²) in [7, 11) is 10.5. The molecule has 0 unspecified atom stereocenters. The van der Waals surface area contributed by atoms with Crippen molar-refractivity contribution in [2.24, 2.45) is 0 Å². The fraction of sp³-hybridized carbons (Fsp3) is 0.473. The maximum Gasteiger partial charge on any atom is 0.295 e. The molecule has 0 spiro atoms. The van der Waals surface area contributed by atoms with Gasteiger partial charge in [0.1, 0.15) is 30.5 Å². The van der Waals surface area contributed by atoms with Crippen molar-refractivity contribution >= 4 is 78.6 Å². The van der Waals surface area contributed by atoms with Crippen LogP contribution in [0.4, 0.5) is 5.69 Å². The number of sulfonamides is 3. The number of halogens is 2. The van der Waals surface area contributed by atoms with Crippen LogP contribution < -0.4 is 19.9 Å². The third-order valence-corrected chi connectivity index (χ3v) is 22.3. The molecule has 0 heterocycles. The molecular formula is C74H111Cl2N7O16S3. The molecule has 6 aromatic carbocycles. The molecule has 0 radical (unpaired) electrons. The van der Waals surface area contributed by atoms with Gasteiger partial charge in [0, 0.05) is 78.9 Å². The summed E-state index contributed by atoms with van der Waals surface area (Å²) >= 11 is 0. The Morgan fingerprint density at radius 1 is 0.392 bits per heavy atom. The highest BCUT2D eigenvalue weighted by molar-refractivity contribution is 7.89. The van der Waals surface area contributed by atoms with Gasteiger partial charge in [0.15, 0.2) is 18.4 Å². The number of methoxy groups -OCH3 is 3. The van der Waals surface area contributed by atoms with Gasteiger partial charge in [-0.3, -0.25) is 14.4 Å². The fourth-order valence-electron chi connectivity index (χ4n) is 10.2. The minimum atomic E-state index is -3.68. The Balaban J connectivity index is 0.000000711. The van der Waals surface area contributed by atoms with Crippen LogP contribution in [0.1, 0.15) is 61.2 Å². The van der Waals surface area contributed by atoms with Crippen LogP contribution in [0, 0.1) is 41.5 Å². The SMILES string of the molecule is CN(C)CCc1ccc(N)cc1.COc1cc(C)c(S(=O)(=O)N(C)CCOCC(=O)Cc2ccc(CCN(C)C)cc2)c(C)c1.COc1cc(C)c(S(=O)(=O)N(C)CCOCC(=O)Cc2ccc(CCN(C)C)cc2)c(C)c1.COc1cc(C)c(S(=O)(=O)N(C)CCOCOC=O)c(C)c1.Cl.Cl. The number of Topliss-reactive ketones (excluding diaryl/α,β-unsaturated/α-hetero) is 2. The van der Waals surface area contributed by atoms with E-state index in [0.29, 0.717) is 63.5 Å². The van der Waals surface area contributed by atoms with Gasteiger partial charge in [-0.15, -0.1) is 24.8 Å². The summed E-state index contributed by atoms with van der Waals surface area (Å²) in [6.45, 7) is 14.3. The van der Waals surface area contributed by atoms with Crippen LogP contribution in [-0.4, -0.2) is 235 Å². The Bertz CT molecular complexity index is 3630. The van der Waals surface area contributed by atoms with Gasteiger partial charge < -0.3 is 53.6 Å². The molecule has 0 aliphatic rings. The number of likely N-dealkylation sites (N-methyl/N-ethyl adjacent to an activating group) is 6. The first-order chi connectivity index (χ1) is 47.1. The summed E-state index contributed by atoms with van der Waals surface area (Å²) in [6.07, 6.45) is 3.62. The predicted molar refractivity (Wildman–Crippen MR) is 409 cm³/mol. The first-order valence-corrected chi connectivity index (χ1v) is 37.0. The molecule has 570 valence electrons. The lowest BCUT2D eigenvalue weighted by Crippen LogP contribution is -2.31. The second-order valence-corrected chi connectivity index (χ2v) is 31.1. The minimum absolute atomic E-state index is 0. The lowest BCUT2D eigenvalue weighted by atomic mass is 10.1. The number of carbonyl (C=O) groups is 3. The Morgan fingerprint density at radius 3 is 0.882 bits per heavy atom. The number of hydrogen-bond donors (Lipinski definition) is 1. The number of anilines is 1. The number of nitrogens with two attached hydrogens (primary N) is 1. The van der Waals surface area contributed by atoms with Crippen molar-refractivity contribution in [2.75, 3.05) is 170 Å². The summed E-state index contributed by atoms with van der Waals surface area (Å²) in [5, 5.41) is 0. The molecule has 0 amide bonds. The van der Waals surface area contributed by atoms with Gasteiger partial charge in [-0.2, -0.15) is 12.9 Å². The quantitative estimate of drug-likeness (QED) is 0.0164. The van der Waals surface area contributed by atoms with Crippen LogP contribution in [0.3, 0.4) is 0 Å². The van der Waals surface area contributed by atoms with E-state index < -0.39 is 30.1 Å². The Morgan fingerprint density at radius 2 is 0.637 bits per heavy atom. The Hall–Kier alpha value is -6.60. The maximum atomic E-state index is 13.0. The van der Waals surface area contributed by atoms with Gasteiger partial charge in [0.25, 0.3) is 6.47 Å². The zero-order chi connectivity index (χ0) is 74.9. The van der Waals surface area contributed by atoms with Crippen LogP contribution in [-0.2, 0) is 95.5 Å². The number of ether oxygens (including phenoxy) is 7. The maximum absolute atomic E-state index is 13.0.